The maximum absolute atomic E-state index is 15.7. The number of nitriles is 1. The zero-order chi connectivity index (χ0) is 36.3. The Morgan fingerprint density at radius 3 is 2.44 bits per heavy atom. The highest BCUT2D eigenvalue weighted by Gasteiger charge is 2.47. The van der Waals surface area contributed by atoms with E-state index in [1.807, 2.05) is 12.1 Å². The number of anilines is 1. The number of halogens is 2. The molecule has 2 aromatic carbocycles. The molecule has 15 heteroatoms. The molecule has 4 saturated heterocycles. The van der Waals surface area contributed by atoms with Crippen LogP contribution in [0.15, 0.2) is 42.5 Å². The molecule has 0 radical (unpaired) electrons. The summed E-state index contributed by atoms with van der Waals surface area (Å²) in [5.41, 5.74) is 7.06. The van der Waals surface area contributed by atoms with Gasteiger partial charge < -0.3 is 20.3 Å². The number of amides is 4. The van der Waals surface area contributed by atoms with Gasteiger partial charge in [0.1, 0.15) is 23.7 Å². The van der Waals surface area contributed by atoms with Crippen LogP contribution in [0.5, 0.6) is 5.75 Å². The summed E-state index contributed by atoms with van der Waals surface area (Å²) in [6, 6.07) is 12.8. The van der Waals surface area contributed by atoms with Crippen LogP contribution in [0.25, 0.3) is 0 Å². The van der Waals surface area contributed by atoms with Crippen LogP contribution in [-0.4, -0.2) is 91.9 Å². The molecule has 1 aliphatic carbocycles. The number of aromatic nitrogens is 2. The average Bonchev–Trinajstić information content (AvgIpc) is 3.47. The third-order valence-electron chi connectivity index (χ3n) is 11.2. The van der Waals surface area contributed by atoms with Gasteiger partial charge in [0.05, 0.1) is 22.3 Å². The number of primary amides is 1. The Balaban J connectivity index is 0.893. The van der Waals surface area contributed by atoms with E-state index in [9.17, 15) is 19.2 Å². The number of imide groups is 1. The summed E-state index contributed by atoms with van der Waals surface area (Å²) in [4.78, 5) is 59.3. The Labute approximate surface area is 304 Å². The number of ether oxygens (including phenoxy) is 1. The molecule has 2 N–H and O–H groups in total. The lowest BCUT2D eigenvalue weighted by atomic mass is 9.86. The molecule has 5 fully saturated rings. The normalized spacial score (nSPS) is 25.8. The van der Waals surface area contributed by atoms with Crippen molar-refractivity contribution in [3.05, 3.63) is 81.3 Å². The van der Waals surface area contributed by atoms with Crippen LogP contribution in [0.1, 0.15) is 82.5 Å². The average molecular weight is 727 g/mol. The number of hydrogen-bond donors (Lipinski definition) is 1. The summed E-state index contributed by atoms with van der Waals surface area (Å²) in [6.45, 7) is 2.04. The molecule has 1 aromatic heterocycles. The Morgan fingerprint density at radius 1 is 1.00 bits per heavy atom. The number of nitrogens with two attached hydrogens (primary N) is 1. The van der Waals surface area contributed by atoms with Gasteiger partial charge in [-0.15, -0.1) is 10.2 Å². The lowest BCUT2D eigenvalue weighted by Crippen LogP contribution is -2.68. The predicted molar refractivity (Wildman–Crippen MR) is 184 cm³/mol. The molecule has 13 nitrogen and oxygen atoms in total. The molecule has 3 atom stereocenters. The summed E-state index contributed by atoms with van der Waals surface area (Å²) in [5.74, 6) is -1.19. The highest BCUT2D eigenvalue weighted by Crippen LogP contribution is 2.38. The maximum Gasteiger partial charge on any atom is 0.269 e. The number of piperidine rings is 2. The summed E-state index contributed by atoms with van der Waals surface area (Å²) in [5, 5.41) is 17.5. The Bertz CT molecular complexity index is 2000. The highest BCUT2D eigenvalue weighted by molar-refractivity contribution is 6.31. The van der Waals surface area contributed by atoms with Crippen molar-refractivity contribution in [2.45, 2.75) is 88.3 Å². The van der Waals surface area contributed by atoms with Gasteiger partial charge in [-0.3, -0.25) is 29.0 Å². The second kappa shape index (κ2) is 13.4. The molecule has 6 heterocycles. The predicted octanol–water partition coefficient (Wildman–Crippen LogP) is 3.57. The fourth-order valence-electron chi connectivity index (χ4n) is 8.53. The molecule has 9 rings (SSSR count). The molecular weight excluding hydrogens is 691 g/mol. The Kier molecular flexibility index (Phi) is 8.79. The zero-order valence-electron chi connectivity index (χ0n) is 28.2. The first-order valence-electron chi connectivity index (χ1n) is 17.6. The Morgan fingerprint density at radius 2 is 1.77 bits per heavy atom. The number of piperazine rings is 1. The van der Waals surface area contributed by atoms with E-state index in [0.29, 0.717) is 73.0 Å². The lowest BCUT2D eigenvalue weighted by Gasteiger charge is -2.56. The van der Waals surface area contributed by atoms with Gasteiger partial charge in [-0.25, -0.2) is 4.39 Å². The van der Waals surface area contributed by atoms with E-state index < -0.39 is 29.6 Å². The zero-order valence-corrected chi connectivity index (χ0v) is 29.0. The van der Waals surface area contributed by atoms with Crippen LogP contribution in [0, 0.1) is 17.1 Å². The van der Waals surface area contributed by atoms with Crippen molar-refractivity contribution in [3.8, 4) is 11.8 Å². The third kappa shape index (κ3) is 6.11. The van der Waals surface area contributed by atoms with Gasteiger partial charge in [0.25, 0.3) is 17.7 Å². The van der Waals surface area contributed by atoms with Crippen LogP contribution in [0.4, 0.5) is 10.2 Å². The third-order valence-corrected chi connectivity index (χ3v) is 11.5. The topological polar surface area (TPSA) is 166 Å². The second-order valence-electron chi connectivity index (χ2n) is 14.3. The van der Waals surface area contributed by atoms with Crippen molar-refractivity contribution in [3.63, 3.8) is 0 Å². The van der Waals surface area contributed by atoms with E-state index in [1.165, 1.54) is 15.9 Å². The number of carbonyl (C=O) groups excluding carboxylic acids is 4. The fourth-order valence-corrected chi connectivity index (χ4v) is 8.75. The standard InChI is InChI=1S/C37H36ClFN8O5/c38-28-14-27(4-1-21(28)15-40)52-26-5-2-23(3-6-26)47-33(48)10-8-31(36(47)50)46-17-22-11-20(12-29(39)34(22)37(46)51)16-45-24-13-25(45)19-44(18-24)32-9-7-30(35(41)49)42-43-32/h1,4,7,9,11-12,14,23-26,31H,2-3,5-6,8,10,13,16-19H2,(H2,41,49)/t23?,24-,25-,26?,31-/m1/s1. The molecule has 0 spiro atoms. The minimum absolute atomic E-state index is 0.00600. The number of rotatable bonds is 8. The molecule has 1 saturated carbocycles. The van der Waals surface area contributed by atoms with Crippen LogP contribution in [0.2, 0.25) is 5.02 Å². The second-order valence-corrected chi connectivity index (χ2v) is 14.7. The van der Waals surface area contributed by atoms with Gasteiger partial charge >= 0.3 is 0 Å². The van der Waals surface area contributed by atoms with Crippen LogP contribution < -0.4 is 15.4 Å². The summed E-state index contributed by atoms with van der Waals surface area (Å²) < 4.78 is 21.7. The van der Waals surface area contributed by atoms with Crippen LogP contribution in [0.3, 0.4) is 0 Å². The van der Waals surface area contributed by atoms with Crippen molar-refractivity contribution in [1.29, 1.82) is 5.26 Å². The van der Waals surface area contributed by atoms with Gasteiger partial charge in [-0.05, 0) is 80.0 Å². The number of nitrogens with zero attached hydrogens (tertiary/aromatic N) is 7. The maximum atomic E-state index is 15.7. The first kappa shape index (κ1) is 34.0. The molecule has 0 unspecified atom stereocenters. The van der Waals surface area contributed by atoms with E-state index >= 15 is 4.39 Å². The molecule has 6 aliphatic rings. The van der Waals surface area contributed by atoms with E-state index in [4.69, 9.17) is 27.3 Å². The molecule has 5 aliphatic heterocycles. The van der Waals surface area contributed by atoms with Crippen LogP contribution >= 0.6 is 11.6 Å². The highest BCUT2D eigenvalue weighted by atomic mass is 35.5. The number of fused-ring (bicyclic) bond motifs is 3. The van der Waals surface area contributed by atoms with E-state index in [2.05, 4.69) is 20.0 Å². The molecule has 3 aromatic rings. The van der Waals surface area contributed by atoms with E-state index in [-0.39, 0.29) is 60.8 Å². The number of carbonyl (C=O) groups is 4. The summed E-state index contributed by atoms with van der Waals surface area (Å²) in [7, 11) is 0. The molecule has 52 heavy (non-hydrogen) atoms. The monoisotopic (exact) mass is 726 g/mol. The smallest absolute Gasteiger partial charge is 0.269 e. The minimum atomic E-state index is -0.851. The first-order valence-corrected chi connectivity index (χ1v) is 17.9. The fraction of sp³-hybridized carbons (Fsp3) is 0.432. The van der Waals surface area contributed by atoms with Crippen molar-refractivity contribution in [2.75, 3.05) is 18.0 Å². The number of benzene rings is 2. The quantitative estimate of drug-likeness (QED) is 0.339. The molecule has 268 valence electrons. The lowest BCUT2D eigenvalue weighted by molar-refractivity contribution is -0.156. The van der Waals surface area contributed by atoms with Gasteiger partial charge in [0.15, 0.2) is 11.5 Å². The van der Waals surface area contributed by atoms with Crippen molar-refractivity contribution in [1.82, 2.24) is 24.9 Å². The number of likely N-dealkylation sites (tertiary alicyclic amines) is 1. The SMILES string of the molecule is N#Cc1ccc(OC2CCC(N3C(=O)CC[C@@H](N4Cc5cc(CN6[C@@H]7C[C@@H]6CN(c6ccc(C(N)=O)nn6)C7)cc(F)c5C4=O)C3=O)CC2)cc1Cl. The van der Waals surface area contributed by atoms with Gasteiger partial charge in [0, 0.05) is 56.8 Å². The van der Waals surface area contributed by atoms with Crippen molar-refractivity contribution < 1.29 is 28.3 Å². The van der Waals surface area contributed by atoms with Gasteiger partial charge in [-0.1, -0.05) is 17.7 Å². The van der Waals surface area contributed by atoms with Crippen molar-refractivity contribution >= 4 is 41.0 Å². The largest absolute Gasteiger partial charge is 0.490 e. The molecule has 4 amide bonds. The van der Waals surface area contributed by atoms with Gasteiger partial charge in [0.2, 0.25) is 5.91 Å². The minimum Gasteiger partial charge on any atom is -0.490 e. The molecule has 2 bridgehead atoms. The Hall–Kier alpha value is -5.13. The summed E-state index contributed by atoms with van der Waals surface area (Å²) in [6.07, 6.45) is 3.52. The van der Waals surface area contributed by atoms with Crippen LogP contribution in [-0.2, 0) is 22.7 Å². The van der Waals surface area contributed by atoms with E-state index in [1.54, 1.807) is 30.3 Å². The first-order chi connectivity index (χ1) is 25.1. The summed E-state index contributed by atoms with van der Waals surface area (Å²) >= 11 is 6.16. The number of hydrogen-bond acceptors (Lipinski definition) is 10. The molecular formula is C37H36ClFN8O5. The van der Waals surface area contributed by atoms with Crippen molar-refractivity contribution in [2.24, 2.45) is 5.73 Å². The van der Waals surface area contributed by atoms with E-state index in [0.717, 1.165) is 12.0 Å². The van der Waals surface area contributed by atoms with Gasteiger partial charge in [-0.2, -0.15) is 5.26 Å².